The van der Waals surface area contributed by atoms with Crippen molar-refractivity contribution in [3.8, 4) is 11.5 Å². The third kappa shape index (κ3) is 3.95. The molecule has 3 rings (SSSR count). The van der Waals surface area contributed by atoms with Gasteiger partial charge in [-0.15, -0.1) is 11.3 Å². The minimum absolute atomic E-state index is 0.0838. The number of nitrogens with zero attached hydrogens (tertiary/aromatic N) is 1. The zero-order valence-corrected chi connectivity index (χ0v) is 18.5. The summed E-state index contributed by atoms with van der Waals surface area (Å²) in [5.41, 5.74) is 2.46. The number of anilines is 1. The van der Waals surface area contributed by atoms with Gasteiger partial charge in [-0.25, -0.2) is 9.59 Å². The molecule has 2 N–H and O–H groups in total. The molecule has 0 bridgehead atoms. The maximum atomic E-state index is 13.0. The summed E-state index contributed by atoms with van der Waals surface area (Å²) in [6.07, 6.45) is -0.930. The number of rotatable bonds is 5. The molecule has 2 amide bonds. The van der Waals surface area contributed by atoms with Crippen LogP contribution in [0.4, 0.5) is 9.80 Å². The third-order valence-corrected chi connectivity index (χ3v) is 6.28. The molecule has 0 unspecified atom stereocenters. The molecular weight excluding hydrogens is 408 g/mol. The van der Waals surface area contributed by atoms with Crippen molar-refractivity contribution in [1.82, 2.24) is 4.90 Å². The zero-order valence-electron chi connectivity index (χ0n) is 17.7. The maximum Gasteiger partial charge on any atom is 0.341 e. The minimum atomic E-state index is -0.930. The van der Waals surface area contributed by atoms with Crippen LogP contribution in [0.1, 0.15) is 45.0 Å². The van der Waals surface area contributed by atoms with Crippen molar-refractivity contribution in [3.63, 3.8) is 0 Å². The van der Waals surface area contributed by atoms with Crippen molar-refractivity contribution in [2.24, 2.45) is 0 Å². The van der Waals surface area contributed by atoms with Gasteiger partial charge in [0.25, 0.3) is 0 Å². The Labute approximate surface area is 179 Å². The normalized spacial score (nSPS) is 15.4. The highest BCUT2D eigenvalue weighted by atomic mass is 32.1. The molecule has 0 spiro atoms. The standard InChI is InChI=1S/C21H26N2O6S/c1-6-29-20(25)17-11(2)12(3)30-19(17)22-21(26)23-9-13-15(27-4)7-8-16(28-5)18(13)14(24)10-23/h7-8,14,24H,6,9-10H2,1-5H3,(H,22,26)/t14-/m1/s1. The second-order valence-electron chi connectivity index (χ2n) is 6.90. The Morgan fingerprint density at radius 1 is 1.23 bits per heavy atom. The highest BCUT2D eigenvalue weighted by molar-refractivity contribution is 7.16. The lowest BCUT2D eigenvalue weighted by Gasteiger charge is -2.33. The van der Waals surface area contributed by atoms with Crippen LogP contribution in [-0.4, -0.2) is 49.4 Å². The molecule has 1 aliphatic rings. The van der Waals surface area contributed by atoms with Gasteiger partial charge in [0, 0.05) is 16.0 Å². The van der Waals surface area contributed by atoms with Crippen LogP contribution in [0.2, 0.25) is 0 Å². The van der Waals surface area contributed by atoms with Gasteiger partial charge in [0.2, 0.25) is 0 Å². The Balaban J connectivity index is 1.89. The molecule has 2 aromatic rings. The summed E-state index contributed by atoms with van der Waals surface area (Å²) in [4.78, 5) is 27.8. The van der Waals surface area contributed by atoms with Crippen LogP contribution in [-0.2, 0) is 11.3 Å². The van der Waals surface area contributed by atoms with Crippen LogP contribution in [0, 0.1) is 13.8 Å². The molecule has 2 heterocycles. The largest absolute Gasteiger partial charge is 0.496 e. The van der Waals surface area contributed by atoms with Crippen molar-refractivity contribution >= 4 is 28.3 Å². The van der Waals surface area contributed by atoms with Gasteiger partial charge in [-0.2, -0.15) is 0 Å². The van der Waals surface area contributed by atoms with Gasteiger partial charge in [-0.05, 0) is 38.5 Å². The predicted octanol–water partition coefficient (Wildman–Crippen LogP) is 3.64. The number of β-amino-alcohol motifs (C(OH)–C–C–N with tert-alkyl or cyclic N) is 1. The fraction of sp³-hybridized carbons (Fsp3) is 0.429. The van der Waals surface area contributed by atoms with E-state index in [4.69, 9.17) is 14.2 Å². The Bertz CT molecular complexity index is 971. The number of amides is 2. The molecule has 1 aliphatic heterocycles. The van der Waals surface area contributed by atoms with Crippen LogP contribution in [0.15, 0.2) is 12.1 Å². The van der Waals surface area contributed by atoms with Crippen LogP contribution >= 0.6 is 11.3 Å². The Morgan fingerprint density at radius 2 is 1.90 bits per heavy atom. The molecule has 1 aromatic heterocycles. The number of ether oxygens (including phenoxy) is 3. The molecule has 0 fully saturated rings. The van der Waals surface area contributed by atoms with Gasteiger partial charge in [0.1, 0.15) is 22.6 Å². The number of aliphatic hydroxyl groups is 1. The lowest BCUT2D eigenvalue weighted by molar-refractivity contribution is 0.0527. The van der Waals surface area contributed by atoms with Crippen molar-refractivity contribution in [1.29, 1.82) is 0 Å². The first-order valence-electron chi connectivity index (χ1n) is 9.57. The fourth-order valence-corrected chi connectivity index (χ4v) is 4.61. The van der Waals surface area contributed by atoms with E-state index in [-0.39, 0.29) is 19.7 Å². The third-order valence-electron chi connectivity index (χ3n) is 5.16. The van der Waals surface area contributed by atoms with Gasteiger partial charge in [0.15, 0.2) is 0 Å². The summed E-state index contributed by atoms with van der Waals surface area (Å²) in [6, 6.07) is 3.06. The topological polar surface area (TPSA) is 97.3 Å². The number of carbonyl (C=O) groups excluding carboxylic acids is 2. The number of methoxy groups -OCH3 is 2. The molecule has 30 heavy (non-hydrogen) atoms. The van der Waals surface area contributed by atoms with Gasteiger partial charge in [-0.1, -0.05) is 0 Å². The average molecular weight is 435 g/mol. The molecule has 1 atom stereocenters. The van der Waals surface area contributed by atoms with Crippen molar-refractivity contribution in [3.05, 3.63) is 39.3 Å². The quantitative estimate of drug-likeness (QED) is 0.698. The predicted molar refractivity (Wildman–Crippen MR) is 114 cm³/mol. The van der Waals surface area contributed by atoms with Gasteiger partial charge in [-0.3, -0.25) is 5.32 Å². The van der Waals surface area contributed by atoms with Gasteiger partial charge >= 0.3 is 12.0 Å². The number of nitrogens with one attached hydrogen (secondary N) is 1. The van der Waals surface area contributed by atoms with Gasteiger partial charge < -0.3 is 24.2 Å². The number of benzene rings is 1. The van der Waals surface area contributed by atoms with Crippen molar-refractivity contribution in [2.75, 3.05) is 32.7 Å². The van der Waals surface area contributed by atoms with Crippen molar-refractivity contribution < 1.29 is 28.9 Å². The summed E-state index contributed by atoms with van der Waals surface area (Å²) in [5.74, 6) is 0.648. The number of aliphatic hydroxyl groups excluding tert-OH is 1. The number of carbonyl (C=O) groups is 2. The molecule has 9 heteroatoms. The second kappa shape index (κ2) is 8.93. The number of fused-ring (bicyclic) bond motifs is 1. The number of hydrogen-bond acceptors (Lipinski definition) is 7. The first kappa shape index (κ1) is 21.9. The lowest BCUT2D eigenvalue weighted by atomic mass is 9.95. The van der Waals surface area contributed by atoms with E-state index in [1.807, 2.05) is 13.8 Å². The molecule has 0 radical (unpaired) electrons. The minimum Gasteiger partial charge on any atom is -0.496 e. The first-order valence-corrected chi connectivity index (χ1v) is 10.4. The maximum absolute atomic E-state index is 13.0. The van der Waals surface area contributed by atoms with E-state index in [2.05, 4.69) is 5.32 Å². The van der Waals surface area contributed by atoms with E-state index in [9.17, 15) is 14.7 Å². The zero-order chi connectivity index (χ0) is 22.0. The number of thiophene rings is 1. The second-order valence-corrected chi connectivity index (χ2v) is 8.12. The smallest absolute Gasteiger partial charge is 0.341 e. The number of hydrogen-bond donors (Lipinski definition) is 2. The van der Waals surface area contributed by atoms with E-state index in [0.717, 1.165) is 10.4 Å². The Kier molecular flexibility index (Phi) is 6.52. The highest BCUT2D eigenvalue weighted by Crippen LogP contribution is 2.40. The SMILES string of the molecule is CCOC(=O)c1c(NC(=O)N2Cc3c(OC)ccc(OC)c3[C@H](O)C2)sc(C)c1C. The summed E-state index contributed by atoms with van der Waals surface area (Å²) < 4.78 is 15.9. The summed E-state index contributed by atoms with van der Waals surface area (Å²) in [5, 5.41) is 14.0. The molecule has 0 saturated carbocycles. The summed E-state index contributed by atoms with van der Waals surface area (Å²) in [7, 11) is 3.07. The van der Waals surface area contributed by atoms with E-state index in [1.54, 1.807) is 19.1 Å². The van der Waals surface area contributed by atoms with E-state index in [0.29, 0.717) is 33.2 Å². The summed E-state index contributed by atoms with van der Waals surface area (Å²) >= 11 is 1.32. The van der Waals surface area contributed by atoms with E-state index >= 15 is 0 Å². The Morgan fingerprint density at radius 3 is 2.53 bits per heavy atom. The molecule has 0 saturated heterocycles. The van der Waals surface area contributed by atoms with Crippen LogP contribution in [0.5, 0.6) is 11.5 Å². The number of esters is 1. The van der Waals surface area contributed by atoms with E-state index < -0.39 is 18.1 Å². The van der Waals surface area contributed by atoms with Crippen molar-refractivity contribution in [2.45, 2.75) is 33.4 Å². The van der Waals surface area contributed by atoms with E-state index in [1.165, 1.54) is 30.5 Å². The molecule has 1 aromatic carbocycles. The monoisotopic (exact) mass is 434 g/mol. The molecule has 162 valence electrons. The average Bonchev–Trinajstić information content (AvgIpc) is 3.00. The first-order chi connectivity index (χ1) is 14.3. The number of aryl methyl sites for hydroxylation is 1. The van der Waals surface area contributed by atoms with Crippen LogP contribution < -0.4 is 14.8 Å². The number of urea groups is 1. The lowest BCUT2D eigenvalue weighted by Crippen LogP contribution is -2.41. The van der Waals surface area contributed by atoms with Crippen LogP contribution in [0.25, 0.3) is 0 Å². The van der Waals surface area contributed by atoms with Gasteiger partial charge in [0.05, 0.1) is 39.5 Å². The highest BCUT2D eigenvalue weighted by Gasteiger charge is 2.33. The molecule has 8 nitrogen and oxygen atoms in total. The molecule has 0 aliphatic carbocycles. The van der Waals surface area contributed by atoms with Crippen LogP contribution in [0.3, 0.4) is 0 Å². The summed E-state index contributed by atoms with van der Waals surface area (Å²) in [6.45, 7) is 6.01. The molecular formula is C21H26N2O6S. The fourth-order valence-electron chi connectivity index (χ4n) is 3.57. The Hall–Kier alpha value is -2.78.